The number of carboxylic acids is 1. The third kappa shape index (κ3) is 4.27. The zero-order valence-corrected chi connectivity index (χ0v) is 19.1. The van der Waals surface area contributed by atoms with Crippen LogP contribution >= 0.6 is 0 Å². The number of hydrogen-bond acceptors (Lipinski definition) is 4. The third-order valence-corrected chi connectivity index (χ3v) is 7.68. The van der Waals surface area contributed by atoms with E-state index < -0.39 is 18.0 Å². The van der Waals surface area contributed by atoms with Gasteiger partial charge in [0.05, 0.1) is 5.92 Å². The summed E-state index contributed by atoms with van der Waals surface area (Å²) >= 11 is 0. The lowest BCUT2D eigenvalue weighted by molar-refractivity contribution is -0.141. The fraction of sp³-hybridized carbons (Fsp3) is 0.444. The van der Waals surface area contributed by atoms with E-state index in [0.29, 0.717) is 19.5 Å². The number of likely N-dealkylation sites (tertiary alicyclic amines) is 1. The first kappa shape index (κ1) is 22.4. The van der Waals surface area contributed by atoms with E-state index in [1.807, 2.05) is 24.3 Å². The van der Waals surface area contributed by atoms with Crippen LogP contribution < -0.4 is 5.32 Å². The fourth-order valence-corrected chi connectivity index (χ4v) is 5.87. The van der Waals surface area contributed by atoms with Gasteiger partial charge in [-0.3, -0.25) is 9.59 Å². The number of aliphatic carboxylic acids is 1. The highest BCUT2D eigenvalue weighted by Crippen LogP contribution is 2.44. The Morgan fingerprint density at radius 1 is 0.971 bits per heavy atom. The molecule has 0 aromatic heterocycles. The summed E-state index contributed by atoms with van der Waals surface area (Å²) in [6.07, 6.45) is 2.63. The average Bonchev–Trinajstić information content (AvgIpc) is 3.59. The second-order valence-corrected chi connectivity index (χ2v) is 9.61. The molecule has 0 radical (unpaired) electrons. The van der Waals surface area contributed by atoms with E-state index in [1.165, 1.54) is 22.3 Å². The molecule has 178 valence electrons. The molecule has 3 atom stereocenters. The van der Waals surface area contributed by atoms with Crippen LogP contribution in [0.2, 0.25) is 0 Å². The molecule has 2 fully saturated rings. The molecule has 2 aliphatic carbocycles. The molecule has 34 heavy (non-hydrogen) atoms. The van der Waals surface area contributed by atoms with Crippen LogP contribution in [-0.4, -0.2) is 54.2 Å². The summed E-state index contributed by atoms with van der Waals surface area (Å²) in [5.41, 5.74) is 4.71. The number of amides is 2. The van der Waals surface area contributed by atoms with E-state index in [4.69, 9.17) is 4.74 Å². The predicted molar refractivity (Wildman–Crippen MR) is 126 cm³/mol. The number of alkyl carbamates (subject to hydrolysis) is 1. The molecule has 3 aliphatic rings. The highest BCUT2D eigenvalue weighted by Gasteiger charge is 2.39. The van der Waals surface area contributed by atoms with Crippen molar-refractivity contribution >= 4 is 18.0 Å². The maximum absolute atomic E-state index is 13.0. The van der Waals surface area contributed by atoms with Gasteiger partial charge in [-0.1, -0.05) is 55.0 Å². The zero-order valence-electron chi connectivity index (χ0n) is 19.1. The molecular formula is C27H30N2O5. The molecule has 1 saturated carbocycles. The Bertz CT molecular complexity index is 1050. The molecule has 2 aromatic rings. The summed E-state index contributed by atoms with van der Waals surface area (Å²) < 4.78 is 5.62. The Hall–Kier alpha value is -3.35. The van der Waals surface area contributed by atoms with E-state index in [-0.39, 0.29) is 36.8 Å². The third-order valence-electron chi connectivity index (χ3n) is 7.68. The molecule has 2 amide bonds. The van der Waals surface area contributed by atoms with Gasteiger partial charge >= 0.3 is 12.1 Å². The van der Waals surface area contributed by atoms with Crippen molar-refractivity contribution < 1.29 is 24.2 Å². The summed E-state index contributed by atoms with van der Waals surface area (Å²) in [5, 5.41) is 12.1. The van der Waals surface area contributed by atoms with Crippen molar-refractivity contribution in [1.82, 2.24) is 10.2 Å². The molecule has 0 spiro atoms. The number of rotatable bonds is 6. The van der Waals surface area contributed by atoms with Crippen LogP contribution in [0.3, 0.4) is 0 Å². The van der Waals surface area contributed by atoms with Gasteiger partial charge in [-0.25, -0.2) is 4.79 Å². The first-order chi connectivity index (χ1) is 16.5. The maximum Gasteiger partial charge on any atom is 0.407 e. The second-order valence-electron chi connectivity index (χ2n) is 9.61. The number of benzene rings is 2. The number of nitrogens with one attached hydrogen (secondary N) is 1. The lowest BCUT2D eigenvalue weighted by atomic mass is 9.94. The van der Waals surface area contributed by atoms with E-state index in [0.717, 1.165) is 19.3 Å². The lowest BCUT2D eigenvalue weighted by Crippen LogP contribution is -2.40. The molecular weight excluding hydrogens is 432 g/mol. The van der Waals surface area contributed by atoms with Crippen molar-refractivity contribution in [1.29, 1.82) is 0 Å². The zero-order chi connectivity index (χ0) is 23.7. The minimum Gasteiger partial charge on any atom is -0.481 e. The fourth-order valence-electron chi connectivity index (χ4n) is 5.87. The van der Waals surface area contributed by atoms with Gasteiger partial charge in [0.2, 0.25) is 5.91 Å². The van der Waals surface area contributed by atoms with Crippen LogP contribution in [0.25, 0.3) is 11.1 Å². The van der Waals surface area contributed by atoms with Crippen LogP contribution in [0.15, 0.2) is 48.5 Å². The number of carbonyl (C=O) groups excluding carboxylic acids is 2. The summed E-state index contributed by atoms with van der Waals surface area (Å²) in [6, 6.07) is 16.4. The molecule has 1 saturated heterocycles. The van der Waals surface area contributed by atoms with Gasteiger partial charge in [0.15, 0.2) is 0 Å². The molecule has 2 N–H and O–H groups in total. The molecule has 0 bridgehead atoms. The number of carbonyl (C=O) groups is 3. The molecule has 1 unspecified atom stereocenters. The Morgan fingerprint density at radius 2 is 1.65 bits per heavy atom. The largest absolute Gasteiger partial charge is 0.481 e. The Kier molecular flexibility index (Phi) is 6.26. The molecule has 1 aliphatic heterocycles. The highest BCUT2D eigenvalue weighted by atomic mass is 16.5. The molecule has 1 heterocycles. The van der Waals surface area contributed by atoms with E-state index >= 15 is 0 Å². The summed E-state index contributed by atoms with van der Waals surface area (Å²) in [7, 11) is 0. The molecule has 5 rings (SSSR count). The topological polar surface area (TPSA) is 95.9 Å². The SMILES string of the molecule is O=C(NC[C@H]1CCC[C@H]1C(=O)N1CCC(C(=O)O)C1)OCC1c2ccccc2-c2ccccc21. The quantitative estimate of drug-likeness (QED) is 0.679. The van der Waals surface area contributed by atoms with Gasteiger partial charge in [0, 0.05) is 31.5 Å². The van der Waals surface area contributed by atoms with Crippen LogP contribution in [-0.2, 0) is 14.3 Å². The number of ether oxygens (including phenoxy) is 1. The average molecular weight is 463 g/mol. The van der Waals surface area contributed by atoms with Crippen LogP contribution in [0.1, 0.15) is 42.7 Å². The predicted octanol–water partition coefficient (Wildman–Crippen LogP) is 3.87. The standard InChI is InChI=1S/C27H30N2O5/c30-25(29-13-12-18(15-29)26(31)32)19-11-5-6-17(19)14-28-27(33)34-16-24-22-9-3-1-7-20(22)21-8-2-4-10-23(21)24/h1-4,7-10,17-19,24H,5-6,11-16H2,(H,28,33)(H,31,32)/t17-,18?,19-/m1/s1. The molecule has 2 aromatic carbocycles. The first-order valence-electron chi connectivity index (χ1n) is 12.1. The van der Waals surface area contributed by atoms with Crippen LogP contribution in [0, 0.1) is 17.8 Å². The Balaban J connectivity index is 1.15. The van der Waals surface area contributed by atoms with Crippen molar-refractivity contribution in [2.75, 3.05) is 26.2 Å². The van der Waals surface area contributed by atoms with Gasteiger partial charge in [-0.15, -0.1) is 0 Å². The van der Waals surface area contributed by atoms with Crippen molar-refractivity contribution in [3.63, 3.8) is 0 Å². The first-order valence-corrected chi connectivity index (χ1v) is 12.1. The lowest BCUT2D eigenvalue weighted by Gasteiger charge is -2.25. The van der Waals surface area contributed by atoms with Gasteiger partial charge < -0.3 is 20.1 Å². The molecule has 7 heteroatoms. The van der Waals surface area contributed by atoms with E-state index in [9.17, 15) is 19.5 Å². The van der Waals surface area contributed by atoms with Crippen LogP contribution in [0.4, 0.5) is 4.79 Å². The van der Waals surface area contributed by atoms with Gasteiger partial charge in [-0.2, -0.15) is 0 Å². The minimum absolute atomic E-state index is 0.0105. The van der Waals surface area contributed by atoms with Gasteiger partial charge in [-0.05, 0) is 47.4 Å². The number of nitrogens with zero attached hydrogens (tertiary/aromatic N) is 1. The van der Waals surface area contributed by atoms with Crippen molar-refractivity contribution in [3.05, 3.63) is 59.7 Å². The highest BCUT2D eigenvalue weighted by molar-refractivity contribution is 5.81. The van der Waals surface area contributed by atoms with E-state index in [2.05, 4.69) is 29.6 Å². The summed E-state index contributed by atoms with van der Waals surface area (Å²) in [5.74, 6) is -1.38. The summed E-state index contributed by atoms with van der Waals surface area (Å²) in [4.78, 5) is 38.4. The Morgan fingerprint density at radius 3 is 2.29 bits per heavy atom. The monoisotopic (exact) mass is 462 g/mol. The minimum atomic E-state index is -0.838. The van der Waals surface area contributed by atoms with Gasteiger partial charge in [0.1, 0.15) is 6.61 Å². The Labute approximate surface area is 199 Å². The number of hydrogen-bond donors (Lipinski definition) is 2. The number of fused-ring (bicyclic) bond motifs is 3. The van der Waals surface area contributed by atoms with Crippen molar-refractivity contribution in [2.24, 2.45) is 17.8 Å². The normalized spacial score (nSPS) is 23.4. The summed E-state index contributed by atoms with van der Waals surface area (Å²) in [6.45, 7) is 1.44. The van der Waals surface area contributed by atoms with Crippen molar-refractivity contribution in [3.8, 4) is 11.1 Å². The van der Waals surface area contributed by atoms with Gasteiger partial charge in [0.25, 0.3) is 0 Å². The van der Waals surface area contributed by atoms with E-state index in [1.54, 1.807) is 4.90 Å². The van der Waals surface area contributed by atoms with Crippen molar-refractivity contribution in [2.45, 2.75) is 31.6 Å². The maximum atomic E-state index is 13.0. The van der Waals surface area contributed by atoms with Crippen LogP contribution in [0.5, 0.6) is 0 Å². The number of carboxylic acid groups (broad SMARTS) is 1. The smallest absolute Gasteiger partial charge is 0.407 e. The molecule has 7 nitrogen and oxygen atoms in total. The second kappa shape index (κ2) is 9.49.